The lowest BCUT2D eigenvalue weighted by Crippen LogP contribution is -2.39. The van der Waals surface area contributed by atoms with Crippen LogP contribution in [0.3, 0.4) is 0 Å². The third kappa shape index (κ3) is 5.95. The molecule has 19 heavy (non-hydrogen) atoms. The maximum Gasteiger partial charge on any atom is 0.446 e. The first kappa shape index (κ1) is 15.8. The van der Waals surface area contributed by atoms with Crippen molar-refractivity contribution in [2.24, 2.45) is 5.73 Å². The molecule has 1 unspecified atom stereocenters. The van der Waals surface area contributed by atoms with Crippen LogP contribution in [0.25, 0.3) is 0 Å². The highest BCUT2D eigenvalue weighted by atomic mass is 32.2. The van der Waals surface area contributed by atoms with Gasteiger partial charge in [-0.05, 0) is 36.0 Å². The van der Waals surface area contributed by atoms with Crippen molar-refractivity contribution in [2.75, 3.05) is 19.0 Å². The van der Waals surface area contributed by atoms with Gasteiger partial charge in [0.1, 0.15) is 6.04 Å². The van der Waals surface area contributed by atoms with Crippen molar-refractivity contribution in [3.63, 3.8) is 0 Å². The molecule has 0 heterocycles. The van der Waals surface area contributed by atoms with Crippen LogP contribution in [0.1, 0.15) is 0 Å². The lowest BCUT2D eigenvalue weighted by Gasteiger charge is -2.11. The minimum absolute atomic E-state index is 0.0479. The smallest absolute Gasteiger partial charge is 0.383 e. The van der Waals surface area contributed by atoms with E-state index in [2.05, 4.69) is 5.32 Å². The number of anilines is 1. The Bertz CT molecular complexity index is 423. The zero-order valence-corrected chi connectivity index (χ0v) is 10.8. The molecule has 0 saturated heterocycles. The van der Waals surface area contributed by atoms with Crippen LogP contribution >= 0.6 is 11.8 Å². The number of nitrogens with one attached hydrogen (secondary N) is 1. The van der Waals surface area contributed by atoms with Crippen LogP contribution in [0.5, 0.6) is 0 Å². The van der Waals surface area contributed by atoms with E-state index in [1.165, 1.54) is 31.4 Å². The number of halogens is 3. The summed E-state index contributed by atoms with van der Waals surface area (Å²) in [6, 6.07) is 4.48. The quantitative estimate of drug-likeness (QED) is 0.817. The van der Waals surface area contributed by atoms with Gasteiger partial charge >= 0.3 is 5.51 Å². The van der Waals surface area contributed by atoms with Gasteiger partial charge in [0.25, 0.3) is 0 Å². The topological polar surface area (TPSA) is 64.3 Å². The van der Waals surface area contributed by atoms with Gasteiger partial charge in [-0.15, -0.1) is 0 Å². The Labute approximate surface area is 112 Å². The van der Waals surface area contributed by atoms with Crippen LogP contribution in [0.2, 0.25) is 0 Å². The average molecular weight is 294 g/mol. The van der Waals surface area contributed by atoms with Crippen LogP contribution in [0.4, 0.5) is 18.9 Å². The van der Waals surface area contributed by atoms with Gasteiger partial charge in [-0.2, -0.15) is 13.2 Å². The largest absolute Gasteiger partial charge is 0.446 e. The summed E-state index contributed by atoms with van der Waals surface area (Å²) in [5, 5.41) is 2.48. The number of amides is 1. The third-order valence-electron chi connectivity index (χ3n) is 2.04. The van der Waals surface area contributed by atoms with Crippen LogP contribution in [0.15, 0.2) is 29.2 Å². The van der Waals surface area contributed by atoms with Crippen molar-refractivity contribution in [3.05, 3.63) is 24.3 Å². The Hall–Kier alpha value is -1.25. The van der Waals surface area contributed by atoms with E-state index in [9.17, 15) is 18.0 Å². The number of methoxy groups -OCH3 is 1. The number of thioether (sulfide) groups is 1. The molecule has 0 aromatic heterocycles. The van der Waals surface area contributed by atoms with E-state index in [0.29, 0.717) is 5.69 Å². The SMILES string of the molecule is COCC(N)C(=O)Nc1ccc(SC(F)(F)F)cc1. The molecule has 0 fully saturated rings. The van der Waals surface area contributed by atoms with Gasteiger partial charge < -0.3 is 15.8 Å². The van der Waals surface area contributed by atoms with Gasteiger partial charge in [0.05, 0.1) is 6.61 Å². The molecule has 0 saturated carbocycles. The van der Waals surface area contributed by atoms with Gasteiger partial charge in [0.2, 0.25) is 5.91 Å². The van der Waals surface area contributed by atoms with E-state index in [0.717, 1.165) is 0 Å². The summed E-state index contributed by atoms with van der Waals surface area (Å²) in [4.78, 5) is 11.6. The monoisotopic (exact) mass is 294 g/mol. The standard InChI is InChI=1S/C11H13F3N2O2S/c1-18-6-9(15)10(17)16-7-2-4-8(5-3-7)19-11(12,13)14/h2-5,9H,6,15H2,1H3,(H,16,17). The number of carbonyl (C=O) groups is 1. The van der Waals surface area contributed by atoms with Gasteiger partial charge in [0, 0.05) is 17.7 Å². The Morgan fingerprint density at radius 3 is 2.47 bits per heavy atom. The minimum Gasteiger partial charge on any atom is -0.383 e. The van der Waals surface area contributed by atoms with Gasteiger partial charge in [-0.25, -0.2) is 0 Å². The summed E-state index contributed by atoms with van der Waals surface area (Å²) in [7, 11) is 1.41. The second-order valence-corrected chi connectivity index (χ2v) is 4.76. The summed E-state index contributed by atoms with van der Waals surface area (Å²) in [6.45, 7) is 0.0633. The number of ether oxygens (including phenoxy) is 1. The molecule has 0 radical (unpaired) electrons. The van der Waals surface area contributed by atoms with Crippen LogP contribution in [-0.4, -0.2) is 31.2 Å². The van der Waals surface area contributed by atoms with Gasteiger partial charge in [0.15, 0.2) is 0 Å². The number of carbonyl (C=O) groups excluding carboxylic acids is 1. The lowest BCUT2D eigenvalue weighted by molar-refractivity contribution is -0.118. The van der Waals surface area contributed by atoms with E-state index in [4.69, 9.17) is 10.5 Å². The molecule has 0 aliphatic rings. The first-order valence-corrected chi connectivity index (χ1v) is 6.04. The number of benzene rings is 1. The molecule has 1 atom stereocenters. The molecule has 1 aromatic rings. The summed E-state index contributed by atoms with van der Waals surface area (Å²) in [5.41, 5.74) is 1.55. The predicted octanol–water partition coefficient (Wildman–Crippen LogP) is 2.21. The van der Waals surface area contributed by atoms with E-state index >= 15 is 0 Å². The normalized spacial score (nSPS) is 13.1. The molecule has 1 amide bonds. The van der Waals surface area contributed by atoms with E-state index in [-0.39, 0.29) is 23.3 Å². The Kier molecular flexibility index (Phi) is 5.64. The number of alkyl halides is 3. The second-order valence-electron chi connectivity index (χ2n) is 3.62. The molecule has 0 bridgehead atoms. The molecule has 0 spiro atoms. The molecular formula is C11H13F3N2O2S. The summed E-state index contributed by atoms with van der Waals surface area (Å²) in [5.74, 6) is -0.460. The predicted molar refractivity (Wildman–Crippen MR) is 66.8 cm³/mol. The number of hydrogen-bond donors (Lipinski definition) is 2. The summed E-state index contributed by atoms with van der Waals surface area (Å²) in [6.07, 6.45) is 0. The molecule has 8 heteroatoms. The average Bonchev–Trinajstić information content (AvgIpc) is 2.30. The molecule has 4 nitrogen and oxygen atoms in total. The summed E-state index contributed by atoms with van der Waals surface area (Å²) < 4.78 is 41.0. The van der Waals surface area contributed by atoms with Crippen molar-refractivity contribution < 1.29 is 22.7 Å². The molecule has 0 aliphatic carbocycles. The second kappa shape index (κ2) is 6.78. The molecule has 1 rings (SSSR count). The first-order valence-electron chi connectivity index (χ1n) is 5.23. The van der Waals surface area contributed by atoms with Crippen LogP contribution < -0.4 is 11.1 Å². The molecule has 1 aromatic carbocycles. The van der Waals surface area contributed by atoms with E-state index < -0.39 is 17.5 Å². The van der Waals surface area contributed by atoms with Crippen LogP contribution in [-0.2, 0) is 9.53 Å². The van der Waals surface area contributed by atoms with Crippen molar-refractivity contribution >= 4 is 23.4 Å². The molecular weight excluding hydrogens is 281 g/mol. The molecule has 0 aliphatic heterocycles. The Balaban J connectivity index is 2.59. The number of hydrogen-bond acceptors (Lipinski definition) is 4. The number of nitrogens with two attached hydrogens (primary N) is 1. The van der Waals surface area contributed by atoms with Crippen molar-refractivity contribution in [3.8, 4) is 0 Å². The Morgan fingerprint density at radius 1 is 1.42 bits per heavy atom. The van der Waals surface area contributed by atoms with Gasteiger partial charge in [-0.1, -0.05) is 0 Å². The van der Waals surface area contributed by atoms with E-state index in [1.807, 2.05) is 0 Å². The zero-order valence-electron chi connectivity index (χ0n) is 10.0. The van der Waals surface area contributed by atoms with Gasteiger partial charge in [-0.3, -0.25) is 4.79 Å². The van der Waals surface area contributed by atoms with Crippen molar-refractivity contribution in [2.45, 2.75) is 16.4 Å². The molecule has 3 N–H and O–H groups in total. The Morgan fingerprint density at radius 2 is 2.00 bits per heavy atom. The first-order chi connectivity index (χ1) is 8.81. The van der Waals surface area contributed by atoms with Crippen molar-refractivity contribution in [1.29, 1.82) is 0 Å². The third-order valence-corrected chi connectivity index (χ3v) is 2.78. The van der Waals surface area contributed by atoms with Crippen molar-refractivity contribution in [1.82, 2.24) is 0 Å². The highest BCUT2D eigenvalue weighted by Gasteiger charge is 2.29. The number of rotatable bonds is 5. The fourth-order valence-electron chi connectivity index (χ4n) is 1.23. The highest BCUT2D eigenvalue weighted by molar-refractivity contribution is 8.00. The fourth-order valence-corrected chi connectivity index (χ4v) is 1.77. The zero-order chi connectivity index (χ0) is 14.5. The maximum absolute atomic E-state index is 12.1. The molecule has 106 valence electrons. The highest BCUT2D eigenvalue weighted by Crippen LogP contribution is 2.36. The summed E-state index contributed by atoms with van der Waals surface area (Å²) >= 11 is -0.215. The lowest BCUT2D eigenvalue weighted by atomic mass is 10.2. The fraction of sp³-hybridized carbons (Fsp3) is 0.364. The minimum atomic E-state index is -4.33. The van der Waals surface area contributed by atoms with E-state index in [1.54, 1.807) is 0 Å². The maximum atomic E-state index is 12.1. The van der Waals surface area contributed by atoms with Crippen LogP contribution in [0, 0.1) is 0 Å².